The monoisotopic (exact) mass is 391 g/mol. The predicted octanol–water partition coefficient (Wildman–Crippen LogP) is 5.20. The van der Waals surface area contributed by atoms with Crippen molar-refractivity contribution in [2.24, 2.45) is 0 Å². The van der Waals surface area contributed by atoms with Gasteiger partial charge >= 0.3 is 0 Å². The van der Waals surface area contributed by atoms with Crippen molar-refractivity contribution in [2.75, 3.05) is 30.4 Å². The van der Waals surface area contributed by atoms with Crippen LogP contribution in [0.3, 0.4) is 0 Å². The van der Waals surface area contributed by atoms with Crippen LogP contribution in [0.4, 0.5) is 17.1 Å². The minimum atomic E-state index is 0.0720. The molecule has 1 N–H and O–H groups in total. The molecule has 0 atom stereocenters. The van der Waals surface area contributed by atoms with Crippen LogP contribution in [0.25, 0.3) is 0 Å². The third-order valence-corrected chi connectivity index (χ3v) is 6.14. The molecule has 0 saturated heterocycles. The maximum Gasteiger partial charge on any atom is 0.256 e. The van der Waals surface area contributed by atoms with Gasteiger partial charge in [0.1, 0.15) is 0 Å². The number of hydrogen-bond acceptors (Lipinski definition) is 4. The number of rotatable bonds is 2. The zero-order valence-electron chi connectivity index (χ0n) is 16.5. The Labute approximate surface area is 170 Å². The number of anilines is 3. The van der Waals surface area contributed by atoms with E-state index in [9.17, 15) is 4.79 Å². The maximum atomic E-state index is 13.4. The van der Waals surface area contributed by atoms with Gasteiger partial charge in [-0.2, -0.15) is 11.3 Å². The van der Waals surface area contributed by atoms with Gasteiger partial charge in [0.25, 0.3) is 5.91 Å². The average molecular weight is 392 g/mol. The van der Waals surface area contributed by atoms with Crippen LogP contribution in [0.5, 0.6) is 0 Å². The first-order valence-corrected chi connectivity index (χ1v) is 10.5. The molecule has 5 heteroatoms. The van der Waals surface area contributed by atoms with E-state index < -0.39 is 0 Å². The van der Waals surface area contributed by atoms with Crippen LogP contribution in [0.15, 0.2) is 53.2 Å². The second-order valence-electron chi connectivity index (χ2n) is 7.31. The molecule has 2 aromatic carbocycles. The molecule has 1 aliphatic rings. The van der Waals surface area contributed by atoms with E-state index in [1.807, 2.05) is 36.2 Å². The Morgan fingerprint density at radius 1 is 1.07 bits per heavy atom. The number of benzene rings is 2. The molecule has 4 nitrogen and oxygen atoms in total. The van der Waals surface area contributed by atoms with Gasteiger partial charge in [-0.25, -0.2) is 0 Å². The lowest BCUT2D eigenvalue weighted by atomic mass is 10.0. The third kappa shape index (κ3) is 3.50. The van der Waals surface area contributed by atoms with Gasteiger partial charge in [-0.05, 0) is 71.6 Å². The lowest BCUT2D eigenvalue weighted by Gasteiger charge is -2.31. The summed E-state index contributed by atoms with van der Waals surface area (Å²) in [7, 11) is 2.03. The Hall–Kier alpha value is -2.79. The molecule has 1 aromatic heterocycles. The highest BCUT2D eigenvalue weighted by Crippen LogP contribution is 2.36. The summed E-state index contributed by atoms with van der Waals surface area (Å²) in [4.78, 5) is 17.5. The fraction of sp³-hybridized carbons (Fsp3) is 0.261. The number of para-hydroxylation sites is 1. The van der Waals surface area contributed by atoms with E-state index in [0.29, 0.717) is 19.6 Å². The number of nitrogens with zero attached hydrogens (tertiary/aromatic N) is 2. The number of aryl methyl sites for hydroxylation is 2. The van der Waals surface area contributed by atoms with Crippen LogP contribution in [-0.2, 0) is 6.54 Å². The Morgan fingerprint density at radius 3 is 2.64 bits per heavy atom. The molecule has 0 aliphatic carbocycles. The highest BCUT2D eigenvalue weighted by Gasteiger charge is 2.23. The van der Waals surface area contributed by atoms with Gasteiger partial charge in [0.2, 0.25) is 0 Å². The minimum Gasteiger partial charge on any atom is -0.382 e. The fourth-order valence-electron chi connectivity index (χ4n) is 3.65. The summed E-state index contributed by atoms with van der Waals surface area (Å²) in [5.41, 5.74) is 7.54. The highest BCUT2D eigenvalue weighted by molar-refractivity contribution is 7.07. The van der Waals surface area contributed by atoms with Crippen LogP contribution in [0, 0.1) is 13.8 Å². The molecule has 1 aliphatic heterocycles. The topological polar surface area (TPSA) is 35.6 Å². The second-order valence-corrected chi connectivity index (χ2v) is 8.09. The van der Waals surface area contributed by atoms with E-state index in [2.05, 4.69) is 53.0 Å². The van der Waals surface area contributed by atoms with Gasteiger partial charge in [-0.3, -0.25) is 4.79 Å². The zero-order valence-corrected chi connectivity index (χ0v) is 17.3. The van der Waals surface area contributed by atoms with E-state index >= 15 is 0 Å². The standard InChI is InChI=1S/C23H25N3OS/c1-16-12-20-22(13-17(16)2)25(3)21-7-5-4-6-19(21)23(27)26(10-9-24-20)14-18-8-11-28-15-18/h4-8,11-13,15,24H,9-10,14H2,1-3H3. The molecular formula is C23H25N3OS. The SMILES string of the molecule is Cc1cc2c(cc1C)N(C)c1ccccc1C(=O)N(Cc1ccsc1)CCN2. The van der Waals surface area contributed by atoms with E-state index in [1.165, 1.54) is 16.7 Å². The molecule has 144 valence electrons. The number of thiophene rings is 1. The smallest absolute Gasteiger partial charge is 0.256 e. The Morgan fingerprint density at radius 2 is 1.86 bits per heavy atom. The summed E-state index contributed by atoms with van der Waals surface area (Å²) in [6.07, 6.45) is 0. The molecule has 0 bridgehead atoms. The normalized spacial score (nSPS) is 14.3. The number of fused-ring (bicyclic) bond motifs is 2. The fourth-order valence-corrected chi connectivity index (χ4v) is 4.31. The first-order valence-electron chi connectivity index (χ1n) is 9.53. The molecule has 2 heterocycles. The van der Waals surface area contributed by atoms with Gasteiger partial charge < -0.3 is 15.1 Å². The van der Waals surface area contributed by atoms with Crippen molar-refractivity contribution in [3.05, 3.63) is 75.5 Å². The molecule has 0 saturated carbocycles. The summed E-state index contributed by atoms with van der Waals surface area (Å²) in [5, 5.41) is 7.73. The van der Waals surface area contributed by atoms with Crippen molar-refractivity contribution in [1.82, 2.24) is 4.90 Å². The van der Waals surface area contributed by atoms with Gasteiger partial charge in [0.15, 0.2) is 0 Å². The molecule has 0 radical (unpaired) electrons. The Balaban J connectivity index is 1.79. The van der Waals surface area contributed by atoms with Crippen molar-refractivity contribution in [3.8, 4) is 0 Å². The molecule has 1 amide bonds. The van der Waals surface area contributed by atoms with Crippen LogP contribution in [-0.4, -0.2) is 30.9 Å². The first-order chi connectivity index (χ1) is 13.5. The Bertz CT molecular complexity index is 997. The van der Waals surface area contributed by atoms with Gasteiger partial charge in [-0.15, -0.1) is 0 Å². The quantitative estimate of drug-likeness (QED) is 0.652. The first kappa shape index (κ1) is 18.6. The van der Waals surface area contributed by atoms with Gasteiger partial charge in [0, 0.05) is 26.7 Å². The highest BCUT2D eigenvalue weighted by atomic mass is 32.1. The van der Waals surface area contributed by atoms with Gasteiger partial charge in [0.05, 0.1) is 22.6 Å². The summed E-state index contributed by atoms with van der Waals surface area (Å²) in [5.74, 6) is 0.0720. The molecular weight excluding hydrogens is 366 g/mol. The zero-order chi connectivity index (χ0) is 19.7. The molecule has 28 heavy (non-hydrogen) atoms. The van der Waals surface area contributed by atoms with Crippen molar-refractivity contribution in [1.29, 1.82) is 0 Å². The molecule has 0 unspecified atom stereocenters. The number of hydrogen-bond donors (Lipinski definition) is 1. The molecule has 0 spiro atoms. The van der Waals surface area contributed by atoms with E-state index in [4.69, 9.17) is 0 Å². The largest absolute Gasteiger partial charge is 0.382 e. The summed E-state index contributed by atoms with van der Waals surface area (Å²) in [6.45, 7) is 6.25. The van der Waals surface area contributed by atoms with Gasteiger partial charge in [-0.1, -0.05) is 12.1 Å². The van der Waals surface area contributed by atoms with E-state index in [0.717, 1.165) is 22.6 Å². The summed E-state index contributed by atoms with van der Waals surface area (Å²) >= 11 is 1.66. The predicted molar refractivity (Wildman–Crippen MR) is 118 cm³/mol. The lowest BCUT2D eigenvalue weighted by Crippen LogP contribution is -2.36. The van der Waals surface area contributed by atoms with Crippen molar-refractivity contribution < 1.29 is 4.79 Å². The average Bonchev–Trinajstić information content (AvgIpc) is 3.21. The number of nitrogens with one attached hydrogen (secondary N) is 1. The van der Waals surface area contributed by atoms with Crippen molar-refractivity contribution >= 4 is 34.3 Å². The molecule has 3 aromatic rings. The maximum absolute atomic E-state index is 13.4. The van der Waals surface area contributed by atoms with Crippen molar-refractivity contribution in [3.63, 3.8) is 0 Å². The molecule has 0 fully saturated rings. The minimum absolute atomic E-state index is 0.0720. The second kappa shape index (κ2) is 7.68. The molecule has 4 rings (SSSR count). The van der Waals surface area contributed by atoms with Crippen LogP contribution in [0.1, 0.15) is 27.0 Å². The number of amides is 1. The summed E-state index contributed by atoms with van der Waals surface area (Å²) < 4.78 is 0. The van der Waals surface area contributed by atoms with E-state index in [1.54, 1.807) is 11.3 Å². The van der Waals surface area contributed by atoms with Crippen LogP contribution >= 0.6 is 11.3 Å². The third-order valence-electron chi connectivity index (χ3n) is 5.41. The van der Waals surface area contributed by atoms with Crippen LogP contribution < -0.4 is 10.2 Å². The summed E-state index contributed by atoms with van der Waals surface area (Å²) in [6, 6.07) is 14.4. The number of carbonyl (C=O) groups excluding carboxylic acids is 1. The lowest BCUT2D eigenvalue weighted by molar-refractivity contribution is 0.0751. The van der Waals surface area contributed by atoms with E-state index in [-0.39, 0.29) is 5.91 Å². The van der Waals surface area contributed by atoms with Crippen molar-refractivity contribution in [2.45, 2.75) is 20.4 Å². The van der Waals surface area contributed by atoms with Crippen LogP contribution in [0.2, 0.25) is 0 Å². The number of carbonyl (C=O) groups is 1. The Kier molecular flexibility index (Phi) is 5.09.